The second-order valence-electron chi connectivity index (χ2n) is 9.16. The molecule has 4 atom stereocenters. The molecule has 2 fully saturated rings. The molecule has 6 rings (SSSR count). The Morgan fingerprint density at radius 1 is 0.846 bits per heavy atom. The van der Waals surface area contributed by atoms with E-state index in [1.54, 1.807) is 54.7 Å². The van der Waals surface area contributed by atoms with Gasteiger partial charge in [-0.15, -0.1) is 0 Å². The molecule has 10 nitrogen and oxygen atoms in total. The first-order valence-corrected chi connectivity index (χ1v) is 13.8. The molecule has 4 aromatic rings. The van der Waals surface area contributed by atoms with E-state index in [0.717, 1.165) is 5.39 Å². The minimum atomic E-state index is -3.92. The number of nitrogens with zero attached hydrogens (tertiary/aromatic N) is 1. The molecule has 2 N–H and O–H groups in total. The van der Waals surface area contributed by atoms with Crippen LogP contribution in [0.5, 0.6) is 11.5 Å². The molecule has 200 valence electrons. The van der Waals surface area contributed by atoms with Crippen LogP contribution in [0.25, 0.3) is 10.9 Å². The summed E-state index contributed by atoms with van der Waals surface area (Å²) in [6.07, 6.45) is -1.01. The lowest BCUT2D eigenvalue weighted by molar-refractivity contribution is 0.00883. The van der Waals surface area contributed by atoms with Crippen LogP contribution in [0.3, 0.4) is 0 Å². The van der Waals surface area contributed by atoms with E-state index in [0.29, 0.717) is 22.7 Å². The van der Waals surface area contributed by atoms with Gasteiger partial charge in [-0.1, -0.05) is 36.4 Å². The van der Waals surface area contributed by atoms with Crippen LogP contribution < -0.4 is 14.8 Å². The number of ether oxygens (including phenoxy) is 4. The van der Waals surface area contributed by atoms with Crippen molar-refractivity contribution in [1.82, 2.24) is 9.71 Å². The summed E-state index contributed by atoms with van der Waals surface area (Å²) in [6, 6.07) is 24.1. The number of carbonyl (C=O) groups excluding carboxylic acids is 1. The van der Waals surface area contributed by atoms with Crippen LogP contribution in [0.2, 0.25) is 0 Å². The molecule has 1 aromatic heterocycles. The molecule has 0 spiro atoms. The average Bonchev–Trinajstić information content (AvgIpc) is 3.53. The third kappa shape index (κ3) is 5.43. The second-order valence-corrected chi connectivity index (χ2v) is 10.8. The number of fused-ring (bicyclic) bond motifs is 2. The molecule has 0 aliphatic carbocycles. The number of rotatable bonds is 7. The largest absolute Gasteiger partial charge is 0.457 e. The van der Waals surface area contributed by atoms with Crippen molar-refractivity contribution in [3.05, 3.63) is 91.1 Å². The molecule has 1 amide bonds. The highest BCUT2D eigenvalue weighted by atomic mass is 32.2. The van der Waals surface area contributed by atoms with E-state index in [1.807, 2.05) is 30.3 Å². The van der Waals surface area contributed by atoms with E-state index in [-0.39, 0.29) is 18.1 Å². The van der Waals surface area contributed by atoms with Gasteiger partial charge in [0.1, 0.15) is 28.6 Å². The van der Waals surface area contributed by atoms with Crippen molar-refractivity contribution in [2.75, 3.05) is 18.5 Å². The number of pyridine rings is 1. The molecule has 2 aliphatic rings. The molecule has 3 aromatic carbocycles. The Balaban J connectivity index is 1.05. The first-order valence-electron chi connectivity index (χ1n) is 12.4. The normalized spacial score (nSPS) is 22.4. The zero-order valence-corrected chi connectivity index (χ0v) is 21.4. The predicted molar refractivity (Wildman–Crippen MR) is 142 cm³/mol. The van der Waals surface area contributed by atoms with Crippen LogP contribution >= 0.6 is 0 Å². The van der Waals surface area contributed by atoms with Crippen LogP contribution in [-0.4, -0.2) is 57.1 Å². The van der Waals surface area contributed by atoms with Gasteiger partial charge in [-0.05, 0) is 48.5 Å². The van der Waals surface area contributed by atoms with Crippen molar-refractivity contribution in [2.45, 2.75) is 29.2 Å². The van der Waals surface area contributed by atoms with Gasteiger partial charge in [-0.3, -0.25) is 10.3 Å². The fourth-order valence-corrected chi connectivity index (χ4v) is 6.15. The van der Waals surface area contributed by atoms with Crippen molar-refractivity contribution >= 4 is 32.7 Å². The lowest BCUT2D eigenvalue weighted by Crippen LogP contribution is -2.44. The highest BCUT2D eigenvalue weighted by Crippen LogP contribution is 2.31. The van der Waals surface area contributed by atoms with E-state index >= 15 is 0 Å². The van der Waals surface area contributed by atoms with Crippen LogP contribution in [0.4, 0.5) is 10.5 Å². The summed E-state index contributed by atoms with van der Waals surface area (Å²) in [7, 11) is -3.92. The first kappa shape index (κ1) is 25.3. The number of nitrogens with one attached hydrogen (secondary N) is 2. The minimum Gasteiger partial charge on any atom is -0.457 e. The van der Waals surface area contributed by atoms with Gasteiger partial charge >= 0.3 is 6.09 Å². The fraction of sp³-hybridized carbons (Fsp3) is 0.214. The van der Waals surface area contributed by atoms with Gasteiger partial charge in [-0.25, -0.2) is 17.9 Å². The molecule has 0 radical (unpaired) electrons. The predicted octanol–water partition coefficient (Wildman–Crippen LogP) is 4.09. The molecule has 4 unspecified atom stereocenters. The molecule has 3 heterocycles. The molecule has 39 heavy (non-hydrogen) atoms. The third-order valence-corrected chi connectivity index (χ3v) is 8.06. The van der Waals surface area contributed by atoms with Gasteiger partial charge in [0.15, 0.2) is 6.10 Å². The average molecular weight is 548 g/mol. The van der Waals surface area contributed by atoms with E-state index in [1.165, 1.54) is 6.07 Å². The monoisotopic (exact) mass is 547 g/mol. The lowest BCUT2D eigenvalue weighted by atomic mass is 10.1. The summed E-state index contributed by atoms with van der Waals surface area (Å²) < 4.78 is 52.0. The molecule has 2 aliphatic heterocycles. The number of hydrogen-bond acceptors (Lipinski definition) is 8. The maximum absolute atomic E-state index is 13.2. The smallest absolute Gasteiger partial charge is 0.412 e. The molecule has 0 bridgehead atoms. The Morgan fingerprint density at radius 2 is 1.59 bits per heavy atom. The van der Waals surface area contributed by atoms with Crippen molar-refractivity contribution < 1.29 is 32.2 Å². The summed E-state index contributed by atoms with van der Waals surface area (Å²) in [6.45, 7) is 0.164. The number of carbonyl (C=O) groups is 1. The van der Waals surface area contributed by atoms with Gasteiger partial charge < -0.3 is 18.9 Å². The third-order valence-electron chi connectivity index (χ3n) is 6.54. The molecular formula is C28H25N3O7S. The highest BCUT2D eigenvalue weighted by Gasteiger charge is 2.50. The molecule has 2 saturated heterocycles. The quantitative estimate of drug-likeness (QED) is 0.355. The fourth-order valence-electron chi connectivity index (χ4n) is 4.74. The zero-order chi connectivity index (χ0) is 26.8. The van der Waals surface area contributed by atoms with Crippen LogP contribution in [-0.2, 0) is 24.2 Å². The number of para-hydroxylation sites is 2. The maximum atomic E-state index is 13.2. The highest BCUT2D eigenvalue weighted by molar-refractivity contribution is 7.89. The van der Waals surface area contributed by atoms with Gasteiger partial charge in [0, 0.05) is 17.3 Å². The van der Waals surface area contributed by atoms with Crippen LogP contribution in [0, 0.1) is 0 Å². The summed E-state index contributed by atoms with van der Waals surface area (Å²) in [4.78, 5) is 16.9. The van der Waals surface area contributed by atoms with E-state index in [4.69, 9.17) is 18.9 Å². The van der Waals surface area contributed by atoms with Crippen molar-refractivity contribution in [2.24, 2.45) is 0 Å². The van der Waals surface area contributed by atoms with Crippen LogP contribution in [0.15, 0.2) is 96.0 Å². The number of benzene rings is 3. The van der Waals surface area contributed by atoms with Gasteiger partial charge in [0.25, 0.3) is 0 Å². The van der Waals surface area contributed by atoms with Gasteiger partial charge in [-0.2, -0.15) is 0 Å². The lowest BCUT2D eigenvalue weighted by Gasteiger charge is -2.18. The second kappa shape index (κ2) is 10.6. The number of sulfonamides is 1. The summed E-state index contributed by atoms with van der Waals surface area (Å²) in [5.41, 5.74) is 0.908. The van der Waals surface area contributed by atoms with Crippen molar-refractivity contribution in [3.63, 3.8) is 0 Å². The molecule has 11 heteroatoms. The Hall–Kier alpha value is -4.03. The van der Waals surface area contributed by atoms with Gasteiger partial charge in [0.2, 0.25) is 10.0 Å². The number of amides is 1. The van der Waals surface area contributed by atoms with Gasteiger partial charge in [0.05, 0.1) is 24.8 Å². The summed E-state index contributed by atoms with van der Waals surface area (Å²) in [5.74, 6) is 1.33. The Bertz CT molecular complexity index is 1580. The zero-order valence-electron chi connectivity index (χ0n) is 20.6. The van der Waals surface area contributed by atoms with Crippen molar-refractivity contribution in [3.8, 4) is 11.5 Å². The van der Waals surface area contributed by atoms with E-state index in [2.05, 4.69) is 15.0 Å². The van der Waals surface area contributed by atoms with E-state index in [9.17, 15) is 13.2 Å². The Kier molecular flexibility index (Phi) is 6.88. The van der Waals surface area contributed by atoms with Crippen molar-refractivity contribution in [1.29, 1.82) is 0 Å². The molecule has 0 saturated carbocycles. The summed E-state index contributed by atoms with van der Waals surface area (Å²) >= 11 is 0. The topological polar surface area (TPSA) is 125 Å². The minimum absolute atomic E-state index is 0.0782. The molecular weight excluding hydrogens is 522 g/mol. The van der Waals surface area contributed by atoms with E-state index < -0.39 is 40.5 Å². The Labute approximate surface area is 224 Å². The number of anilines is 1. The van der Waals surface area contributed by atoms with Crippen LogP contribution in [0.1, 0.15) is 0 Å². The first-order chi connectivity index (χ1) is 19.0. The standard InChI is InChI=1S/C28H25N3O7S/c32-28(30-19-11-13-21(14-12-19)37-20-8-2-1-3-9-20)38-23-17-36-26-22(16-35-27(23)26)31-39(33,34)24-10-4-6-18-7-5-15-29-25(18)24/h1-15,22-23,26-27,31H,16-17H2,(H,30,32). The number of hydrogen-bond donors (Lipinski definition) is 2. The SMILES string of the molecule is O=C(Nc1ccc(Oc2ccccc2)cc1)OC1COC2C(NS(=O)(=O)c3cccc4cccnc34)COC12. The maximum Gasteiger partial charge on any atom is 0.412 e. The Morgan fingerprint density at radius 3 is 2.41 bits per heavy atom. The number of aromatic nitrogens is 1. The summed E-state index contributed by atoms with van der Waals surface area (Å²) in [5, 5.41) is 3.40.